The van der Waals surface area contributed by atoms with E-state index in [9.17, 15) is 9.59 Å². The Morgan fingerprint density at radius 3 is 2.13 bits per heavy atom. The second kappa shape index (κ2) is 7.50. The molecule has 0 bridgehead atoms. The van der Waals surface area contributed by atoms with Crippen molar-refractivity contribution in [2.45, 2.75) is 47.6 Å². The molecule has 0 amide bonds. The first-order chi connectivity index (χ1) is 10.5. The molecule has 0 fully saturated rings. The molecule has 0 spiro atoms. The molecule has 0 heterocycles. The number of halogens is 2. The van der Waals surface area contributed by atoms with Crippen LogP contribution in [0, 0.1) is 5.41 Å². The fourth-order valence-corrected chi connectivity index (χ4v) is 2.54. The first-order valence-corrected chi connectivity index (χ1v) is 8.18. The molecule has 0 radical (unpaired) electrons. The van der Waals surface area contributed by atoms with Crippen LogP contribution in [0.1, 0.15) is 41.5 Å². The summed E-state index contributed by atoms with van der Waals surface area (Å²) < 4.78 is 0. The number of nitrogens with one attached hydrogen (secondary N) is 1. The predicted molar refractivity (Wildman–Crippen MR) is 100 cm³/mol. The van der Waals surface area contributed by atoms with E-state index >= 15 is 0 Å². The van der Waals surface area contributed by atoms with Gasteiger partial charge in [-0.1, -0.05) is 50.0 Å². The van der Waals surface area contributed by atoms with E-state index in [0.29, 0.717) is 15.8 Å². The lowest BCUT2D eigenvalue weighted by molar-refractivity contribution is 0.375. The third kappa shape index (κ3) is 4.82. The highest BCUT2D eigenvalue weighted by Gasteiger charge is 2.30. The number of anilines is 1. The summed E-state index contributed by atoms with van der Waals surface area (Å²) >= 11 is 12.4. The molecular weight excluding hydrogens is 333 g/mol. The fourth-order valence-electron chi connectivity index (χ4n) is 2.32. The van der Waals surface area contributed by atoms with Crippen LogP contribution in [0.25, 0.3) is 0 Å². The summed E-state index contributed by atoms with van der Waals surface area (Å²) in [4.78, 5) is 22.8. The van der Waals surface area contributed by atoms with E-state index in [1.165, 1.54) is 6.07 Å². The highest BCUT2D eigenvalue weighted by molar-refractivity contribution is 6.32. The van der Waals surface area contributed by atoms with Gasteiger partial charge in [-0.15, -0.1) is 0 Å². The lowest BCUT2D eigenvalue weighted by Gasteiger charge is -2.34. The van der Waals surface area contributed by atoms with Crippen LogP contribution < -0.4 is 16.2 Å². The van der Waals surface area contributed by atoms with E-state index < -0.39 is 10.9 Å². The lowest BCUT2D eigenvalue weighted by Crippen LogP contribution is -2.42. The summed E-state index contributed by atoms with van der Waals surface area (Å²) in [6.07, 6.45) is 3.66. The van der Waals surface area contributed by atoms with E-state index in [1.807, 2.05) is 46.8 Å². The summed E-state index contributed by atoms with van der Waals surface area (Å²) in [5, 5.41) is 4.42. The average molecular weight is 356 g/mol. The molecule has 1 aromatic carbocycles. The Morgan fingerprint density at radius 2 is 1.78 bits per heavy atom. The molecule has 0 aliphatic heterocycles. The Kier molecular flexibility index (Phi) is 6.43. The molecule has 0 aliphatic carbocycles. The van der Waals surface area contributed by atoms with Crippen LogP contribution in [0.3, 0.4) is 0 Å². The standard InChI is InChI=1S/C18H23Cl2NO2/c1-7-13(20)11(3)12(8-10(2)19)17(18(4,5)6)21-14-9-15(22)16(14)23/h7-9,17,21H,1-6H3/b10-8+,12-11+,13-7+. The van der Waals surface area contributed by atoms with Gasteiger partial charge >= 0.3 is 0 Å². The first kappa shape index (κ1) is 19.7. The van der Waals surface area contributed by atoms with Gasteiger partial charge in [0.05, 0.1) is 11.7 Å². The Labute approximate surface area is 147 Å². The van der Waals surface area contributed by atoms with E-state index in [1.54, 1.807) is 6.92 Å². The van der Waals surface area contributed by atoms with Crippen molar-refractivity contribution in [3.05, 3.63) is 59.9 Å². The quantitative estimate of drug-likeness (QED) is 0.614. The highest BCUT2D eigenvalue weighted by Crippen LogP contribution is 2.33. The topological polar surface area (TPSA) is 46.2 Å². The van der Waals surface area contributed by atoms with Gasteiger partial charge in [-0.3, -0.25) is 9.59 Å². The van der Waals surface area contributed by atoms with Crippen LogP contribution in [-0.4, -0.2) is 6.04 Å². The summed E-state index contributed by atoms with van der Waals surface area (Å²) in [7, 11) is 0. The summed E-state index contributed by atoms with van der Waals surface area (Å²) in [6, 6.07) is 1.09. The SMILES string of the molecule is C\C=C(Cl)/C(C)=C(\C=C(/C)Cl)C(Nc1cc(=O)c1=O)C(C)(C)C. The average Bonchev–Trinajstić information content (AvgIpc) is 2.45. The van der Waals surface area contributed by atoms with Gasteiger partial charge in [-0.05, 0) is 43.4 Å². The lowest BCUT2D eigenvalue weighted by atomic mass is 9.80. The maximum atomic E-state index is 11.7. The maximum Gasteiger partial charge on any atom is 0.248 e. The number of hydrogen-bond donors (Lipinski definition) is 1. The zero-order valence-corrected chi connectivity index (χ0v) is 15.9. The summed E-state index contributed by atoms with van der Waals surface area (Å²) in [5.74, 6) is 0. The van der Waals surface area contributed by atoms with Gasteiger partial charge in [-0.2, -0.15) is 0 Å². The predicted octanol–water partition coefficient (Wildman–Crippen LogP) is 4.71. The molecule has 1 rings (SSSR count). The van der Waals surface area contributed by atoms with Crippen LogP contribution in [0.5, 0.6) is 0 Å². The smallest absolute Gasteiger partial charge is 0.248 e. The maximum absolute atomic E-state index is 11.7. The van der Waals surface area contributed by atoms with Crippen molar-refractivity contribution in [1.29, 1.82) is 0 Å². The van der Waals surface area contributed by atoms with Crippen molar-refractivity contribution in [3.8, 4) is 0 Å². The Bertz CT molecular complexity index is 738. The fraction of sp³-hybridized carbons (Fsp3) is 0.444. The van der Waals surface area contributed by atoms with Gasteiger partial charge in [-0.25, -0.2) is 0 Å². The third-order valence-corrected chi connectivity index (χ3v) is 4.23. The van der Waals surface area contributed by atoms with Crippen molar-refractivity contribution >= 4 is 28.9 Å². The van der Waals surface area contributed by atoms with Gasteiger partial charge in [0.25, 0.3) is 0 Å². The molecule has 1 atom stereocenters. The molecule has 0 saturated heterocycles. The minimum Gasteiger partial charge on any atom is -0.374 e. The minimum atomic E-state index is -0.486. The molecule has 0 aromatic heterocycles. The van der Waals surface area contributed by atoms with Gasteiger partial charge in [0.15, 0.2) is 0 Å². The number of allylic oxidation sites excluding steroid dienone is 4. The zero-order valence-electron chi connectivity index (χ0n) is 14.4. The first-order valence-electron chi connectivity index (χ1n) is 7.42. The Hall–Kier alpha value is -1.32. The van der Waals surface area contributed by atoms with Gasteiger partial charge < -0.3 is 5.32 Å². The molecule has 5 heteroatoms. The summed E-state index contributed by atoms with van der Waals surface area (Å²) in [5.41, 5.74) is 0.904. The van der Waals surface area contributed by atoms with Crippen LogP contribution in [0.4, 0.5) is 5.69 Å². The van der Waals surface area contributed by atoms with Crippen LogP contribution in [0.15, 0.2) is 49.0 Å². The molecule has 1 unspecified atom stereocenters. The van der Waals surface area contributed by atoms with Crippen molar-refractivity contribution in [2.24, 2.45) is 5.41 Å². The van der Waals surface area contributed by atoms with E-state index in [0.717, 1.165) is 11.1 Å². The van der Waals surface area contributed by atoms with Crippen LogP contribution >= 0.6 is 23.2 Å². The van der Waals surface area contributed by atoms with E-state index in [4.69, 9.17) is 23.2 Å². The van der Waals surface area contributed by atoms with Gasteiger partial charge in [0.1, 0.15) is 0 Å². The normalized spacial score (nSPS) is 16.3. The van der Waals surface area contributed by atoms with Gasteiger partial charge in [0, 0.05) is 16.1 Å². The third-order valence-electron chi connectivity index (χ3n) is 3.62. The van der Waals surface area contributed by atoms with Crippen molar-refractivity contribution in [1.82, 2.24) is 0 Å². The van der Waals surface area contributed by atoms with Gasteiger partial charge in [0.2, 0.25) is 10.9 Å². The molecule has 0 saturated carbocycles. The molecule has 126 valence electrons. The number of rotatable bonds is 5. The van der Waals surface area contributed by atoms with Crippen LogP contribution in [0.2, 0.25) is 0 Å². The molecule has 1 N–H and O–H groups in total. The molecule has 3 nitrogen and oxygen atoms in total. The molecule has 0 aliphatic rings. The highest BCUT2D eigenvalue weighted by atomic mass is 35.5. The second-order valence-corrected chi connectivity index (χ2v) is 7.65. The molecule has 1 aromatic rings. The van der Waals surface area contributed by atoms with Crippen LogP contribution in [-0.2, 0) is 0 Å². The molecular formula is C18H23Cl2NO2. The molecule has 23 heavy (non-hydrogen) atoms. The van der Waals surface area contributed by atoms with Crippen molar-refractivity contribution in [3.63, 3.8) is 0 Å². The zero-order chi connectivity index (χ0) is 17.9. The van der Waals surface area contributed by atoms with Crippen molar-refractivity contribution in [2.75, 3.05) is 5.32 Å². The Balaban J connectivity index is 3.47. The van der Waals surface area contributed by atoms with E-state index in [-0.39, 0.29) is 11.5 Å². The summed E-state index contributed by atoms with van der Waals surface area (Å²) in [6.45, 7) is 11.7. The second-order valence-electron chi connectivity index (χ2n) is 6.64. The monoisotopic (exact) mass is 355 g/mol. The van der Waals surface area contributed by atoms with Crippen molar-refractivity contribution < 1.29 is 0 Å². The Morgan fingerprint density at radius 1 is 1.22 bits per heavy atom. The number of hydrogen-bond acceptors (Lipinski definition) is 3. The minimum absolute atomic E-state index is 0.229. The largest absolute Gasteiger partial charge is 0.374 e. The van der Waals surface area contributed by atoms with E-state index in [2.05, 4.69) is 5.32 Å².